The van der Waals surface area contributed by atoms with Gasteiger partial charge in [-0.15, -0.1) is 0 Å². The van der Waals surface area contributed by atoms with Crippen LogP contribution in [-0.2, 0) is 31.4 Å². The van der Waals surface area contributed by atoms with E-state index < -0.39 is 32.7 Å². The summed E-state index contributed by atoms with van der Waals surface area (Å²) in [5, 5.41) is 0. The molecule has 0 aliphatic carbocycles. The molecule has 0 fully saturated rings. The number of sulfonamides is 2. The molecule has 198 valence electrons. The van der Waals surface area contributed by atoms with Gasteiger partial charge in [0.1, 0.15) is 12.4 Å². The summed E-state index contributed by atoms with van der Waals surface area (Å²) >= 11 is 0. The van der Waals surface area contributed by atoms with E-state index in [-0.39, 0.29) is 16.4 Å². The maximum absolute atomic E-state index is 13.7. The van der Waals surface area contributed by atoms with Crippen molar-refractivity contribution in [2.45, 2.75) is 29.4 Å². The number of nitrogens with zero attached hydrogens (tertiary/aromatic N) is 1. The molecule has 0 N–H and O–H groups in total. The van der Waals surface area contributed by atoms with E-state index in [4.69, 9.17) is 9.47 Å². The molecule has 0 spiro atoms. The standard InChI is InChI=1S/C29H29NO6S2/c1-2-35-29(25-18-20-26(21-19-25)36-23-24-12-6-3-7-13-24)22-30(37(31,32)27-14-8-4-9-15-27)38(33,34)28-16-10-5-11-17-28/h3-21,29H,2,22-23H2,1H3. The maximum Gasteiger partial charge on any atom is 0.256 e. The third kappa shape index (κ3) is 6.49. The number of ether oxygens (including phenoxy) is 2. The summed E-state index contributed by atoms with van der Waals surface area (Å²) in [6.45, 7) is 1.98. The molecule has 0 bridgehead atoms. The van der Waals surface area contributed by atoms with E-state index in [1.54, 1.807) is 67.6 Å². The predicted molar refractivity (Wildman–Crippen MR) is 146 cm³/mol. The van der Waals surface area contributed by atoms with Crippen LogP contribution in [0.25, 0.3) is 0 Å². The van der Waals surface area contributed by atoms with Crippen molar-refractivity contribution in [1.82, 2.24) is 3.71 Å². The van der Waals surface area contributed by atoms with Crippen molar-refractivity contribution in [3.63, 3.8) is 0 Å². The molecule has 0 saturated heterocycles. The first-order chi connectivity index (χ1) is 18.3. The molecule has 0 heterocycles. The van der Waals surface area contributed by atoms with Crippen LogP contribution < -0.4 is 4.74 Å². The average Bonchev–Trinajstić information content (AvgIpc) is 2.95. The van der Waals surface area contributed by atoms with Gasteiger partial charge < -0.3 is 9.47 Å². The van der Waals surface area contributed by atoms with E-state index in [0.29, 0.717) is 21.6 Å². The van der Waals surface area contributed by atoms with Gasteiger partial charge in [-0.1, -0.05) is 82.6 Å². The summed E-state index contributed by atoms with van der Waals surface area (Å²) in [7, 11) is -8.87. The minimum absolute atomic E-state index is 0.126. The van der Waals surface area contributed by atoms with Gasteiger partial charge in [-0.25, -0.2) is 16.8 Å². The molecule has 4 aromatic carbocycles. The second kappa shape index (κ2) is 12.4. The summed E-state index contributed by atoms with van der Waals surface area (Å²) in [5.41, 5.74) is 1.65. The first-order valence-electron chi connectivity index (χ1n) is 12.1. The quantitative estimate of drug-likeness (QED) is 0.234. The second-order valence-corrected chi connectivity index (χ2v) is 12.3. The van der Waals surface area contributed by atoms with E-state index in [0.717, 1.165) is 5.56 Å². The SMILES string of the molecule is CCOC(CN(S(=O)(=O)c1ccccc1)S(=O)(=O)c1ccccc1)c1ccc(OCc2ccccc2)cc1. The first-order valence-corrected chi connectivity index (χ1v) is 15.0. The molecule has 7 nitrogen and oxygen atoms in total. The van der Waals surface area contributed by atoms with Gasteiger partial charge in [-0.2, -0.15) is 0 Å². The van der Waals surface area contributed by atoms with Gasteiger partial charge in [0.15, 0.2) is 0 Å². The summed E-state index contributed by atoms with van der Waals surface area (Å²) in [6, 6.07) is 31.8. The Hall–Kier alpha value is -3.50. The average molecular weight is 552 g/mol. The molecule has 1 unspecified atom stereocenters. The van der Waals surface area contributed by atoms with Crippen molar-refractivity contribution >= 4 is 20.0 Å². The maximum atomic E-state index is 13.7. The van der Waals surface area contributed by atoms with Gasteiger partial charge in [-0.3, -0.25) is 0 Å². The zero-order chi connectivity index (χ0) is 27.0. The molecule has 1 atom stereocenters. The van der Waals surface area contributed by atoms with E-state index in [1.807, 2.05) is 30.3 Å². The largest absolute Gasteiger partial charge is 0.489 e. The van der Waals surface area contributed by atoms with Crippen molar-refractivity contribution in [1.29, 1.82) is 0 Å². The normalized spacial score (nSPS) is 12.8. The van der Waals surface area contributed by atoms with Crippen LogP contribution in [0.3, 0.4) is 0 Å². The molecule has 0 aliphatic rings. The van der Waals surface area contributed by atoms with E-state index in [9.17, 15) is 16.8 Å². The molecule has 0 aliphatic heterocycles. The van der Waals surface area contributed by atoms with Crippen LogP contribution >= 0.6 is 0 Å². The molecule has 0 amide bonds. The number of hydrogen-bond donors (Lipinski definition) is 0. The Bertz CT molecular complexity index is 1440. The highest BCUT2D eigenvalue weighted by Gasteiger charge is 2.38. The number of benzene rings is 4. The molecule has 0 aromatic heterocycles. The van der Waals surface area contributed by atoms with Crippen LogP contribution in [0.2, 0.25) is 0 Å². The second-order valence-electron chi connectivity index (χ2n) is 8.38. The molecule has 4 rings (SSSR count). The van der Waals surface area contributed by atoms with Gasteiger partial charge in [0, 0.05) is 6.61 Å². The highest BCUT2D eigenvalue weighted by atomic mass is 32.3. The topological polar surface area (TPSA) is 90.0 Å². The van der Waals surface area contributed by atoms with Gasteiger partial charge in [0.05, 0.1) is 22.4 Å². The fraction of sp³-hybridized carbons (Fsp3) is 0.172. The third-order valence-corrected chi connectivity index (χ3v) is 10.1. The van der Waals surface area contributed by atoms with Crippen molar-refractivity contribution in [2.24, 2.45) is 0 Å². The fourth-order valence-corrected chi connectivity index (χ4v) is 7.54. The number of hydrogen-bond acceptors (Lipinski definition) is 6. The fourth-order valence-electron chi connectivity index (χ4n) is 3.86. The minimum atomic E-state index is -4.44. The summed E-state index contributed by atoms with van der Waals surface area (Å²) < 4.78 is 66.9. The zero-order valence-electron chi connectivity index (χ0n) is 20.9. The summed E-state index contributed by atoms with van der Waals surface area (Å²) in [4.78, 5) is -0.251. The smallest absolute Gasteiger partial charge is 0.256 e. The van der Waals surface area contributed by atoms with E-state index in [1.165, 1.54) is 24.3 Å². The Labute approximate surface area is 224 Å². The predicted octanol–water partition coefficient (Wildman–Crippen LogP) is 5.42. The third-order valence-electron chi connectivity index (χ3n) is 5.80. The van der Waals surface area contributed by atoms with Crippen LogP contribution in [0.1, 0.15) is 24.2 Å². The Morgan fingerprint density at radius 2 is 1.13 bits per heavy atom. The lowest BCUT2D eigenvalue weighted by Crippen LogP contribution is -2.40. The first kappa shape index (κ1) is 27.5. The molecule has 38 heavy (non-hydrogen) atoms. The van der Waals surface area contributed by atoms with Crippen molar-refractivity contribution in [3.05, 3.63) is 126 Å². The lowest BCUT2D eigenvalue weighted by atomic mass is 10.1. The van der Waals surface area contributed by atoms with Gasteiger partial charge in [0.2, 0.25) is 0 Å². The molecule has 4 aromatic rings. The van der Waals surface area contributed by atoms with Crippen molar-refractivity contribution in [3.8, 4) is 5.75 Å². The van der Waals surface area contributed by atoms with Crippen LogP contribution in [0, 0.1) is 0 Å². The Morgan fingerprint density at radius 1 is 0.658 bits per heavy atom. The van der Waals surface area contributed by atoms with Crippen LogP contribution in [-0.4, -0.2) is 33.7 Å². The lowest BCUT2D eigenvalue weighted by Gasteiger charge is -2.27. The van der Waals surface area contributed by atoms with Crippen molar-refractivity contribution in [2.75, 3.05) is 13.2 Å². The zero-order valence-corrected chi connectivity index (χ0v) is 22.5. The molecular formula is C29H29NO6S2. The van der Waals surface area contributed by atoms with Gasteiger partial charge in [0.25, 0.3) is 20.0 Å². The van der Waals surface area contributed by atoms with E-state index >= 15 is 0 Å². The van der Waals surface area contributed by atoms with E-state index in [2.05, 4.69) is 0 Å². The summed E-state index contributed by atoms with van der Waals surface area (Å²) in [5.74, 6) is 0.624. The van der Waals surface area contributed by atoms with Gasteiger partial charge >= 0.3 is 0 Å². The Morgan fingerprint density at radius 3 is 1.61 bits per heavy atom. The molecule has 0 radical (unpaired) electrons. The van der Waals surface area contributed by atoms with Crippen LogP contribution in [0.15, 0.2) is 125 Å². The number of rotatable bonds is 12. The Kier molecular flexibility index (Phi) is 8.96. The summed E-state index contributed by atoms with van der Waals surface area (Å²) in [6.07, 6.45) is -0.847. The molecule has 0 saturated carbocycles. The highest BCUT2D eigenvalue weighted by molar-refractivity contribution is 8.04. The monoisotopic (exact) mass is 551 g/mol. The van der Waals surface area contributed by atoms with Gasteiger partial charge in [-0.05, 0) is 54.4 Å². The van der Waals surface area contributed by atoms with Crippen LogP contribution in [0.5, 0.6) is 5.75 Å². The van der Waals surface area contributed by atoms with Crippen LogP contribution in [0.4, 0.5) is 0 Å². The Balaban J connectivity index is 1.65. The minimum Gasteiger partial charge on any atom is -0.489 e. The lowest BCUT2D eigenvalue weighted by molar-refractivity contribution is 0.0573. The van der Waals surface area contributed by atoms with Crippen molar-refractivity contribution < 1.29 is 26.3 Å². The highest BCUT2D eigenvalue weighted by Crippen LogP contribution is 2.30. The molecular weight excluding hydrogens is 522 g/mol. The molecule has 9 heteroatoms.